The average Bonchev–Trinajstić information content (AvgIpc) is 4.37. The van der Waals surface area contributed by atoms with Gasteiger partial charge in [-0.05, 0) is 167 Å². The second-order valence-corrected chi connectivity index (χ2v) is 22.9. The summed E-state index contributed by atoms with van der Waals surface area (Å²) < 4.78 is 14.1. The van der Waals surface area contributed by atoms with Crippen molar-refractivity contribution in [1.29, 1.82) is 0 Å². The molecule has 0 radical (unpaired) electrons. The van der Waals surface area contributed by atoms with Crippen molar-refractivity contribution in [3.05, 3.63) is 137 Å². The number of rotatable bonds is 16. The summed E-state index contributed by atoms with van der Waals surface area (Å²) in [5.74, 6) is 15.3. The number of hydrogen-bond acceptors (Lipinski definition) is 10. The Kier molecular flexibility index (Phi) is 18.1. The predicted octanol–water partition coefficient (Wildman–Crippen LogP) is 15.0. The van der Waals surface area contributed by atoms with Crippen LogP contribution in [0.4, 0.5) is 0 Å². The van der Waals surface area contributed by atoms with Crippen molar-refractivity contribution in [3.8, 4) is 35.2 Å². The van der Waals surface area contributed by atoms with Gasteiger partial charge in [-0.2, -0.15) is 0 Å². The Morgan fingerprint density at radius 3 is 1.55 bits per heavy atom. The minimum Gasteiger partial charge on any atom is -0.493 e. The Balaban J connectivity index is 1.14. The van der Waals surface area contributed by atoms with Crippen LogP contribution in [0, 0.1) is 51.4 Å². The summed E-state index contributed by atoms with van der Waals surface area (Å²) in [4.78, 5) is 48.8. The van der Waals surface area contributed by atoms with Gasteiger partial charge in [0.25, 0.3) is 11.8 Å². The highest BCUT2D eigenvalue weighted by Crippen LogP contribution is 2.37. The minimum absolute atomic E-state index is 0.0763. The normalized spacial score (nSPS) is 15.0. The van der Waals surface area contributed by atoms with Crippen LogP contribution >= 0.6 is 48.0 Å². The van der Waals surface area contributed by atoms with E-state index < -0.39 is 0 Å². The van der Waals surface area contributed by atoms with Crippen molar-refractivity contribution in [2.75, 3.05) is 26.3 Å². The van der Waals surface area contributed by atoms with Gasteiger partial charge in [0, 0.05) is 35.2 Å². The van der Waals surface area contributed by atoms with Gasteiger partial charge < -0.3 is 19.4 Å². The van der Waals surface area contributed by atoms with Gasteiger partial charge in [0.05, 0.1) is 73.5 Å². The maximum absolute atomic E-state index is 13.3. The summed E-state index contributed by atoms with van der Waals surface area (Å²) in [6.07, 6.45) is 20.4. The molecule has 2 saturated heterocycles. The number of carbonyl (C=O) groups is 2. The van der Waals surface area contributed by atoms with Crippen LogP contribution in [-0.4, -0.2) is 76.5 Å². The van der Waals surface area contributed by atoms with Gasteiger partial charge in [0.1, 0.15) is 20.1 Å². The highest BCUT2D eigenvalue weighted by Gasteiger charge is 2.32. The van der Waals surface area contributed by atoms with Crippen LogP contribution in [0.2, 0.25) is 0 Å². The Hall–Kier alpha value is -6.94. The molecule has 7 heterocycles. The Bertz CT molecular complexity index is 3600. The fourth-order valence-corrected chi connectivity index (χ4v) is 12.2. The maximum atomic E-state index is 13.3. The molecule has 0 unspecified atom stereocenters. The summed E-state index contributed by atoms with van der Waals surface area (Å²) in [5, 5.41) is 0. The number of unbranched alkanes of at least 4 members (excludes halogenated alkanes) is 6. The molecule has 4 aliphatic heterocycles. The molecule has 9 rings (SSSR count). The molecule has 3 aromatic heterocycles. The number of amides is 2. The molecule has 0 spiro atoms. The zero-order chi connectivity index (χ0) is 55.0. The van der Waals surface area contributed by atoms with Gasteiger partial charge >= 0.3 is 0 Å². The highest BCUT2D eigenvalue weighted by molar-refractivity contribution is 8.27. The molecule has 10 nitrogen and oxygen atoms in total. The van der Waals surface area contributed by atoms with Crippen LogP contribution in [0.15, 0.2) is 58.3 Å². The van der Waals surface area contributed by atoms with Crippen molar-refractivity contribution in [3.63, 3.8) is 0 Å². The monoisotopic (exact) mass is 1110 g/mol. The molecule has 2 aromatic carbocycles. The first-order valence-corrected chi connectivity index (χ1v) is 29.4. The van der Waals surface area contributed by atoms with Crippen molar-refractivity contribution in [2.45, 2.75) is 107 Å². The van der Waals surface area contributed by atoms with Crippen LogP contribution in [0.5, 0.6) is 11.5 Å². The van der Waals surface area contributed by atoms with Crippen LogP contribution in [-0.2, 0) is 9.59 Å². The van der Waals surface area contributed by atoms with E-state index in [9.17, 15) is 9.59 Å². The topological polar surface area (TPSA) is 116 Å². The van der Waals surface area contributed by atoms with E-state index in [0.29, 0.717) is 73.2 Å². The molecule has 78 heavy (non-hydrogen) atoms. The third kappa shape index (κ3) is 12.3. The molecule has 8 bridgehead atoms. The van der Waals surface area contributed by atoms with E-state index in [2.05, 4.69) is 91.7 Å². The van der Waals surface area contributed by atoms with E-state index in [1.165, 1.54) is 23.5 Å². The van der Waals surface area contributed by atoms with Crippen molar-refractivity contribution in [2.24, 2.45) is 0 Å². The molecule has 2 N–H and O–H groups in total. The van der Waals surface area contributed by atoms with E-state index >= 15 is 0 Å². The molecule has 2 fully saturated rings. The van der Waals surface area contributed by atoms with Crippen LogP contribution in [0.1, 0.15) is 157 Å². The first-order valence-electron chi connectivity index (χ1n) is 27.0. The zero-order valence-corrected chi connectivity index (χ0v) is 48.9. The molecule has 398 valence electrons. The lowest BCUT2D eigenvalue weighted by Gasteiger charge is -2.13. The lowest BCUT2D eigenvalue weighted by Crippen LogP contribution is -2.27. The Morgan fingerprint density at radius 2 is 1.03 bits per heavy atom. The molecule has 0 atom stereocenters. The maximum Gasteiger partial charge on any atom is 0.266 e. The average molecular weight is 1110 g/mol. The molecule has 0 aliphatic carbocycles. The largest absolute Gasteiger partial charge is 0.493 e. The second kappa shape index (κ2) is 25.2. The van der Waals surface area contributed by atoms with Crippen LogP contribution in [0.25, 0.3) is 58.5 Å². The summed E-state index contributed by atoms with van der Waals surface area (Å²) in [6.45, 7) is 18.6. The molecule has 2 amide bonds. The minimum atomic E-state index is -0.0886. The first kappa shape index (κ1) is 55.8. The molecule has 0 saturated carbocycles. The van der Waals surface area contributed by atoms with Crippen molar-refractivity contribution >= 4 is 127 Å². The molecule has 5 aromatic rings. The SMILES string of the molecule is CCCCCCOc1cc(/C=C2\SC(=S)N(CC)C2=O)c(C)cc1C#Cc1c2ccc([nH]2)c(C)c2nc(c(C#Cc3cc(OCCCCCC)c(/C=C4\SC(=S)N(CC)C4=O)cc3C)c3nc(c(C)c4ccc1[nH]4)C=C3)C=C2. The lowest BCUT2D eigenvalue weighted by molar-refractivity contribution is -0.122. The quantitative estimate of drug-likeness (QED) is 0.0419. The number of nitrogens with zero attached hydrogens (tertiary/aromatic N) is 4. The van der Waals surface area contributed by atoms with Crippen molar-refractivity contribution < 1.29 is 19.1 Å². The fraction of sp³-hybridized carbons (Fsp3) is 0.312. The van der Waals surface area contributed by atoms with Crippen molar-refractivity contribution in [1.82, 2.24) is 29.7 Å². The Morgan fingerprint density at radius 1 is 0.538 bits per heavy atom. The predicted molar refractivity (Wildman–Crippen MR) is 333 cm³/mol. The molecule has 4 aliphatic rings. The summed E-state index contributed by atoms with van der Waals surface area (Å²) in [7, 11) is 0. The summed E-state index contributed by atoms with van der Waals surface area (Å²) >= 11 is 13.7. The smallest absolute Gasteiger partial charge is 0.266 e. The lowest BCUT2D eigenvalue weighted by atomic mass is 10.0. The summed E-state index contributed by atoms with van der Waals surface area (Å²) in [5.41, 5.74) is 15.0. The highest BCUT2D eigenvalue weighted by atomic mass is 32.2. The number of aromatic amines is 2. The first-order chi connectivity index (χ1) is 37.8. The number of aromatic nitrogens is 4. The Labute approximate surface area is 477 Å². The number of thiocarbonyl (C=S) groups is 2. The van der Waals surface area contributed by atoms with Gasteiger partial charge in [-0.15, -0.1) is 0 Å². The standard InChI is InChI=1S/C64H64N6O4S4/c1-9-13-15-17-31-73-57-36-45(37-59-61(71)69(11-3)63(75)77-59)40(6)33-44(57)20-22-48-55-29-25-51(67-55)41(7)49-23-27-53(65-49)47(54-28-24-50(66-54)42(8)52-26-30-56(48)68-52)21-19-43-35-58(74-32-18-16-14-10-2)46(34-39(43)5)38-60-62(72)70(12-4)64(76)78-60/h23-30,33-38,67-68H,9-18,31-32H2,1-8H3/b49-41?,50-42?,51-41?,52-42?,53-47?,54-47?,55-48?,56-48?,59-37-,60-38-. The fourth-order valence-electron chi connectivity index (χ4n) is 9.42. The zero-order valence-electron chi connectivity index (χ0n) is 45.6. The number of aryl methyl sites for hydroxylation is 4. The number of nitrogens with one attached hydrogen (secondary N) is 2. The number of hydrogen-bond donors (Lipinski definition) is 2. The van der Waals surface area contributed by atoms with Gasteiger partial charge in [-0.3, -0.25) is 19.4 Å². The van der Waals surface area contributed by atoms with E-state index in [0.717, 1.165) is 135 Å². The molecular formula is C64H64N6O4S4. The van der Waals surface area contributed by atoms with Gasteiger partial charge in [-0.1, -0.05) is 124 Å². The number of H-pyrrole nitrogens is 2. The van der Waals surface area contributed by atoms with E-state index in [-0.39, 0.29) is 11.8 Å². The van der Waals surface area contributed by atoms with E-state index in [1.807, 2.05) is 82.4 Å². The number of ether oxygens (including phenoxy) is 2. The van der Waals surface area contributed by atoms with E-state index in [1.54, 1.807) is 9.80 Å². The number of carbonyl (C=O) groups excluding carboxylic acids is 2. The van der Waals surface area contributed by atoms with Gasteiger partial charge in [-0.25, -0.2) is 9.97 Å². The second-order valence-electron chi connectivity index (χ2n) is 19.6. The number of fused-ring (bicyclic) bond motifs is 8. The van der Waals surface area contributed by atoms with Gasteiger partial charge in [0.15, 0.2) is 0 Å². The number of likely N-dealkylation sites (N-methyl/N-ethyl adjacent to an activating group) is 2. The van der Waals surface area contributed by atoms with Crippen LogP contribution < -0.4 is 9.47 Å². The molecule has 14 heteroatoms. The molecular weight excluding hydrogens is 1050 g/mol. The third-order valence-corrected chi connectivity index (χ3v) is 16.9. The van der Waals surface area contributed by atoms with Gasteiger partial charge in [0.2, 0.25) is 0 Å². The number of thioether (sulfide) groups is 2. The summed E-state index contributed by atoms with van der Waals surface area (Å²) in [6, 6.07) is 16.4. The van der Waals surface area contributed by atoms with E-state index in [4.69, 9.17) is 43.9 Å². The third-order valence-electron chi connectivity index (χ3n) is 14.1. The van der Waals surface area contributed by atoms with Crippen LogP contribution in [0.3, 0.4) is 0 Å². The number of benzene rings is 2.